The van der Waals surface area contributed by atoms with Gasteiger partial charge in [-0.1, -0.05) is 124 Å². The average molecular weight is 884 g/mol. The van der Waals surface area contributed by atoms with Gasteiger partial charge in [-0.3, -0.25) is 9.78 Å². The Kier molecular flexibility index (Phi) is 14.3. The zero-order chi connectivity index (χ0) is 37.1. The molecule has 0 unspecified atom stereocenters. The van der Waals surface area contributed by atoms with Gasteiger partial charge in [0, 0.05) is 70.1 Å². The van der Waals surface area contributed by atoms with Crippen LogP contribution in [0.4, 0.5) is 4.39 Å². The van der Waals surface area contributed by atoms with Gasteiger partial charge >= 0.3 is 0 Å². The predicted octanol–water partition coefficient (Wildman–Crippen LogP) is 12.5. The van der Waals surface area contributed by atoms with Gasteiger partial charge in [0.1, 0.15) is 6.07 Å². The van der Waals surface area contributed by atoms with Crippen molar-refractivity contribution in [3.05, 3.63) is 89.6 Å². The van der Waals surface area contributed by atoms with Crippen molar-refractivity contribution >= 4 is 48.1 Å². The molecule has 0 bridgehead atoms. The summed E-state index contributed by atoms with van der Waals surface area (Å²) in [6.45, 7) is 23.3. The van der Waals surface area contributed by atoms with Crippen LogP contribution in [-0.2, 0) is 31.3 Å². The minimum absolute atomic E-state index is 0. The topological polar surface area (TPSA) is 74.0 Å². The smallest absolute Gasteiger partial charge is 0.162 e. The summed E-state index contributed by atoms with van der Waals surface area (Å²) in [4.78, 5) is 16.9. The second-order valence-corrected chi connectivity index (χ2v) is 17.1. The third kappa shape index (κ3) is 9.92. The van der Waals surface area contributed by atoms with E-state index in [1.54, 1.807) is 23.6 Å². The second-order valence-electron chi connectivity index (χ2n) is 16.1. The van der Waals surface area contributed by atoms with Crippen molar-refractivity contribution in [2.75, 3.05) is 0 Å². The van der Waals surface area contributed by atoms with Crippen molar-refractivity contribution in [1.82, 2.24) is 4.98 Å². The van der Waals surface area contributed by atoms with E-state index in [-0.39, 0.29) is 54.7 Å². The maximum Gasteiger partial charge on any atom is 0.162 e. The Bertz CT molecular complexity index is 2050. The van der Waals surface area contributed by atoms with E-state index in [1.165, 1.54) is 17.7 Å². The van der Waals surface area contributed by atoms with Crippen molar-refractivity contribution in [3.63, 3.8) is 0 Å². The number of aliphatic hydroxyl groups excluding tert-OH is 1. The first-order valence-electron chi connectivity index (χ1n) is 17.7. The molecule has 0 saturated heterocycles. The molecule has 0 amide bonds. The van der Waals surface area contributed by atoms with Crippen LogP contribution in [0.5, 0.6) is 0 Å². The minimum Gasteiger partial charge on any atom is -0.512 e. The molecular formula is C44H52FIrN2O2S-. The normalized spacial score (nSPS) is 12.4. The number of allylic oxidation sites excluding steroid dienone is 2. The Morgan fingerprint density at radius 1 is 0.941 bits per heavy atom. The molecule has 1 N–H and O–H groups in total. The summed E-state index contributed by atoms with van der Waals surface area (Å²) >= 11 is 1.61. The zero-order valence-electron chi connectivity index (χ0n) is 31.8. The van der Waals surface area contributed by atoms with E-state index in [0.29, 0.717) is 51.3 Å². The number of carbonyl (C=O) groups is 1. The van der Waals surface area contributed by atoms with E-state index >= 15 is 0 Å². The summed E-state index contributed by atoms with van der Waals surface area (Å²) in [6, 6.07) is 20.8. The van der Waals surface area contributed by atoms with Crippen molar-refractivity contribution in [2.45, 2.75) is 82.6 Å². The van der Waals surface area contributed by atoms with E-state index in [9.17, 15) is 19.6 Å². The van der Waals surface area contributed by atoms with Crippen molar-refractivity contribution in [1.29, 1.82) is 5.26 Å². The number of benzene rings is 3. The molecule has 3 aromatic carbocycles. The first-order valence-corrected chi connectivity index (χ1v) is 18.5. The monoisotopic (exact) mass is 884 g/mol. The zero-order valence-corrected chi connectivity index (χ0v) is 35.0. The third-order valence-corrected chi connectivity index (χ3v) is 10.4. The Hall–Kier alpha value is -3.43. The number of aliphatic hydroxyl groups is 1. The van der Waals surface area contributed by atoms with Crippen LogP contribution in [0.25, 0.3) is 42.2 Å². The number of hydrogen-bond acceptors (Lipinski definition) is 5. The van der Waals surface area contributed by atoms with Crippen LogP contribution in [0.15, 0.2) is 66.6 Å². The fraction of sp³-hybridized carbons (Fsp3) is 0.432. The quantitative estimate of drug-likeness (QED) is 0.0909. The van der Waals surface area contributed by atoms with Gasteiger partial charge < -0.3 is 5.11 Å². The number of pyridine rings is 1. The number of carbonyl (C=O) groups excluding carboxylic acids is 1. The van der Waals surface area contributed by atoms with Crippen LogP contribution in [0.2, 0.25) is 0 Å². The van der Waals surface area contributed by atoms with Gasteiger partial charge in [-0.25, -0.2) is 4.39 Å². The molecule has 51 heavy (non-hydrogen) atoms. The predicted molar refractivity (Wildman–Crippen MR) is 209 cm³/mol. The van der Waals surface area contributed by atoms with Crippen molar-refractivity contribution < 1.29 is 34.4 Å². The van der Waals surface area contributed by atoms with E-state index < -0.39 is 0 Å². The molecule has 0 aliphatic rings. The maximum absolute atomic E-state index is 14.8. The Labute approximate surface area is 321 Å². The molecule has 2 aromatic heterocycles. The summed E-state index contributed by atoms with van der Waals surface area (Å²) in [5.41, 5.74) is 3.26. The summed E-state index contributed by atoms with van der Waals surface area (Å²) in [5, 5.41) is 23.2. The molecule has 7 heteroatoms. The minimum atomic E-state index is -0.294. The van der Waals surface area contributed by atoms with Gasteiger partial charge in [-0.05, 0) is 47.1 Å². The molecule has 0 aliphatic heterocycles. The fourth-order valence-corrected chi connectivity index (χ4v) is 8.65. The Balaban J connectivity index is 0.000000306. The Morgan fingerprint density at radius 3 is 2.12 bits per heavy atom. The van der Waals surface area contributed by atoms with Crippen LogP contribution in [0, 0.1) is 64.1 Å². The molecule has 273 valence electrons. The molecule has 1 radical (unpaired) electrons. The number of nitrogens with zero attached hydrogens (tertiary/aromatic N) is 2. The van der Waals surface area contributed by atoms with Crippen molar-refractivity contribution in [2.24, 2.45) is 40.9 Å². The standard InChI is InChI=1S/C27H20FN2S.C17H32O2.Ir/c1-27(2,3)13-16-8-9-21-23(10-16)31-26-24(21)19(14-29)15-30-25(26)18-11-17-6-4-5-7-20(17)22(28)12-18;1-10(2)16(11(3)4)14(18)9-15(19)17(12(5)6)13(7)8;/h4-10,12,15H,13H2,1-3H3;9-13,16-18H,1-8H3;/q-1;;/b;14-9-;. The van der Waals surface area contributed by atoms with Crippen LogP contribution in [-0.4, -0.2) is 15.9 Å². The van der Waals surface area contributed by atoms with Crippen molar-refractivity contribution in [3.8, 4) is 17.3 Å². The van der Waals surface area contributed by atoms with Gasteiger partial charge in [0.25, 0.3) is 0 Å². The van der Waals surface area contributed by atoms with E-state index in [1.807, 2.05) is 18.2 Å². The number of ketones is 1. The van der Waals surface area contributed by atoms with Gasteiger partial charge in [-0.15, -0.1) is 28.9 Å². The number of aromatic nitrogens is 1. The van der Waals surface area contributed by atoms with Crippen LogP contribution >= 0.6 is 11.3 Å². The number of halogens is 1. The average Bonchev–Trinajstić information content (AvgIpc) is 3.38. The van der Waals surface area contributed by atoms with Gasteiger partial charge in [0.2, 0.25) is 0 Å². The van der Waals surface area contributed by atoms with Crippen LogP contribution < -0.4 is 0 Å². The third-order valence-electron chi connectivity index (χ3n) is 9.23. The van der Waals surface area contributed by atoms with Crippen LogP contribution in [0.1, 0.15) is 87.3 Å². The first-order chi connectivity index (χ1) is 23.4. The van der Waals surface area contributed by atoms with E-state index in [0.717, 1.165) is 26.6 Å². The molecule has 0 spiro atoms. The Morgan fingerprint density at radius 2 is 1.55 bits per heavy atom. The number of rotatable bonds is 9. The molecule has 0 atom stereocenters. The summed E-state index contributed by atoms with van der Waals surface area (Å²) in [5.74, 6) is 1.33. The number of hydrogen-bond donors (Lipinski definition) is 1. The molecule has 5 aromatic rings. The van der Waals surface area contributed by atoms with Gasteiger partial charge in [0.05, 0.1) is 17.1 Å². The molecule has 5 rings (SSSR count). The summed E-state index contributed by atoms with van der Waals surface area (Å²) in [6.07, 6.45) is 4.04. The number of thiophene rings is 1. The van der Waals surface area contributed by atoms with Crippen LogP contribution in [0.3, 0.4) is 0 Å². The van der Waals surface area contributed by atoms with E-state index in [2.05, 4.69) is 111 Å². The first kappa shape index (κ1) is 42.0. The summed E-state index contributed by atoms with van der Waals surface area (Å²) < 4.78 is 16.8. The summed E-state index contributed by atoms with van der Waals surface area (Å²) in [7, 11) is 0. The maximum atomic E-state index is 14.8. The fourth-order valence-electron chi connectivity index (χ4n) is 7.36. The van der Waals surface area contributed by atoms with Gasteiger partial charge in [-0.2, -0.15) is 5.26 Å². The SMILES string of the molecule is CC(C)(C)Cc1ccc2c(c1)sc1c(-c3[c-]c4ccccc4c(F)c3)ncc(C#N)c12.CC(C)C(C(=O)/C=C(\O)C(C(C)C)C(C)C)C(C)C.[Ir]. The van der Waals surface area contributed by atoms with Gasteiger partial charge in [0.15, 0.2) is 5.78 Å². The number of fused-ring (bicyclic) bond motifs is 4. The van der Waals surface area contributed by atoms with E-state index in [4.69, 9.17) is 0 Å². The molecular weight excluding hydrogens is 832 g/mol. The second kappa shape index (κ2) is 17.4. The number of nitriles is 1. The largest absolute Gasteiger partial charge is 0.512 e. The molecule has 4 nitrogen and oxygen atoms in total. The molecule has 0 aliphatic carbocycles. The molecule has 0 saturated carbocycles. The molecule has 0 fully saturated rings. The molecule has 2 heterocycles.